The van der Waals surface area contributed by atoms with Gasteiger partial charge in [-0.25, -0.2) is 4.98 Å². The fourth-order valence-corrected chi connectivity index (χ4v) is 1.02. The lowest BCUT2D eigenvalue weighted by atomic mass is 10.2. The first-order valence-electron chi connectivity index (χ1n) is 4.04. The number of nitrogens with two attached hydrogens (primary N) is 1. The molecular formula is C9H14ClN3. The predicted octanol–water partition coefficient (Wildman–Crippen LogP) is 1.74. The number of aromatic nitrogens is 1. The lowest BCUT2D eigenvalue weighted by Gasteiger charge is -2.00. The summed E-state index contributed by atoms with van der Waals surface area (Å²) in [6, 6.07) is 5.59. The van der Waals surface area contributed by atoms with E-state index in [2.05, 4.69) is 11.9 Å². The van der Waals surface area contributed by atoms with Crippen molar-refractivity contribution >= 4 is 18.2 Å². The minimum atomic E-state index is 0. The van der Waals surface area contributed by atoms with Gasteiger partial charge >= 0.3 is 0 Å². The number of nitrogen functional groups attached to an aromatic ring is 1. The summed E-state index contributed by atoms with van der Waals surface area (Å²) in [4.78, 5) is 4.21. The van der Waals surface area contributed by atoms with Gasteiger partial charge in [-0.2, -0.15) is 0 Å². The molecule has 1 heterocycles. The van der Waals surface area contributed by atoms with Gasteiger partial charge < -0.3 is 5.73 Å². The van der Waals surface area contributed by atoms with Crippen LogP contribution in [0.1, 0.15) is 24.7 Å². The SMILES string of the molecule is CCCc1cccc(C(=N)N)n1.Cl. The van der Waals surface area contributed by atoms with E-state index in [0.29, 0.717) is 5.69 Å². The number of halogens is 1. The molecule has 3 nitrogen and oxygen atoms in total. The fourth-order valence-electron chi connectivity index (χ4n) is 1.02. The largest absolute Gasteiger partial charge is 0.382 e. The minimum absolute atomic E-state index is 0. The Labute approximate surface area is 84.3 Å². The first kappa shape index (κ1) is 11.9. The number of aryl methyl sites for hydroxylation is 1. The van der Waals surface area contributed by atoms with Crippen LogP contribution in [-0.2, 0) is 6.42 Å². The smallest absolute Gasteiger partial charge is 0.141 e. The minimum Gasteiger partial charge on any atom is -0.382 e. The van der Waals surface area contributed by atoms with Gasteiger partial charge in [0.2, 0.25) is 0 Å². The van der Waals surface area contributed by atoms with Gasteiger partial charge in [0.1, 0.15) is 11.5 Å². The van der Waals surface area contributed by atoms with Crippen molar-refractivity contribution in [2.75, 3.05) is 0 Å². The molecule has 0 saturated heterocycles. The first-order valence-corrected chi connectivity index (χ1v) is 4.04. The van der Waals surface area contributed by atoms with Crippen LogP contribution < -0.4 is 5.73 Å². The molecule has 0 radical (unpaired) electrons. The maximum Gasteiger partial charge on any atom is 0.141 e. The summed E-state index contributed by atoms with van der Waals surface area (Å²) in [5.41, 5.74) is 6.87. The van der Waals surface area contributed by atoms with Crippen LogP contribution in [0.2, 0.25) is 0 Å². The third kappa shape index (κ3) is 3.42. The maximum atomic E-state index is 7.18. The summed E-state index contributed by atoms with van der Waals surface area (Å²) in [5.74, 6) is 0.0351. The second-order valence-electron chi connectivity index (χ2n) is 2.68. The van der Waals surface area contributed by atoms with E-state index in [-0.39, 0.29) is 18.2 Å². The molecule has 0 amide bonds. The van der Waals surface area contributed by atoms with Gasteiger partial charge in [0.25, 0.3) is 0 Å². The summed E-state index contributed by atoms with van der Waals surface area (Å²) in [6.45, 7) is 2.10. The molecule has 1 rings (SSSR count). The average Bonchev–Trinajstić information content (AvgIpc) is 2.05. The Morgan fingerprint density at radius 2 is 2.23 bits per heavy atom. The zero-order valence-corrected chi connectivity index (χ0v) is 8.40. The van der Waals surface area contributed by atoms with Crippen LogP contribution in [0.5, 0.6) is 0 Å². The molecule has 1 aromatic heterocycles. The molecule has 72 valence electrons. The highest BCUT2D eigenvalue weighted by Gasteiger charge is 1.98. The Morgan fingerprint density at radius 1 is 1.54 bits per heavy atom. The molecule has 0 saturated carbocycles. The molecule has 3 N–H and O–H groups in total. The Balaban J connectivity index is 0.00000144. The fraction of sp³-hybridized carbons (Fsp3) is 0.333. The van der Waals surface area contributed by atoms with Gasteiger partial charge in [-0.15, -0.1) is 12.4 Å². The topological polar surface area (TPSA) is 62.8 Å². The summed E-state index contributed by atoms with van der Waals surface area (Å²) in [5, 5.41) is 7.18. The van der Waals surface area contributed by atoms with E-state index in [0.717, 1.165) is 18.5 Å². The first-order chi connectivity index (χ1) is 5.74. The maximum absolute atomic E-state index is 7.18. The zero-order valence-electron chi connectivity index (χ0n) is 7.58. The predicted molar refractivity (Wildman–Crippen MR) is 56.5 cm³/mol. The third-order valence-electron chi connectivity index (χ3n) is 1.59. The summed E-state index contributed by atoms with van der Waals surface area (Å²) < 4.78 is 0. The van der Waals surface area contributed by atoms with Crippen molar-refractivity contribution in [3.8, 4) is 0 Å². The van der Waals surface area contributed by atoms with Crippen LogP contribution >= 0.6 is 12.4 Å². The molecule has 0 aliphatic carbocycles. The molecule has 0 aromatic carbocycles. The van der Waals surface area contributed by atoms with E-state index >= 15 is 0 Å². The molecule has 0 aliphatic heterocycles. The Bertz CT molecular complexity index is 286. The van der Waals surface area contributed by atoms with Gasteiger partial charge in [0, 0.05) is 5.69 Å². The molecular weight excluding hydrogens is 186 g/mol. The number of nitrogens with one attached hydrogen (secondary N) is 1. The summed E-state index contributed by atoms with van der Waals surface area (Å²) in [6.07, 6.45) is 2.01. The Morgan fingerprint density at radius 3 is 2.77 bits per heavy atom. The van der Waals surface area contributed by atoms with Crippen molar-refractivity contribution < 1.29 is 0 Å². The third-order valence-corrected chi connectivity index (χ3v) is 1.59. The van der Waals surface area contributed by atoms with Gasteiger partial charge in [-0.3, -0.25) is 5.41 Å². The molecule has 4 heteroatoms. The number of rotatable bonds is 3. The van der Waals surface area contributed by atoms with E-state index < -0.39 is 0 Å². The number of pyridine rings is 1. The van der Waals surface area contributed by atoms with Gasteiger partial charge in [-0.05, 0) is 18.6 Å². The van der Waals surface area contributed by atoms with E-state index in [1.807, 2.05) is 12.1 Å². The van der Waals surface area contributed by atoms with Crippen LogP contribution in [0.25, 0.3) is 0 Å². The van der Waals surface area contributed by atoms with Gasteiger partial charge in [0.15, 0.2) is 0 Å². The summed E-state index contributed by atoms with van der Waals surface area (Å²) >= 11 is 0. The van der Waals surface area contributed by atoms with Crippen molar-refractivity contribution in [2.45, 2.75) is 19.8 Å². The van der Waals surface area contributed by atoms with Gasteiger partial charge in [-0.1, -0.05) is 19.4 Å². The quantitative estimate of drug-likeness (QED) is 0.576. The number of hydrogen-bond donors (Lipinski definition) is 2. The molecule has 1 aromatic rings. The second kappa shape index (κ2) is 5.54. The molecule has 0 atom stereocenters. The normalized spacial score (nSPS) is 9.00. The second-order valence-corrected chi connectivity index (χ2v) is 2.68. The monoisotopic (exact) mass is 199 g/mol. The molecule has 0 fully saturated rings. The summed E-state index contributed by atoms with van der Waals surface area (Å²) in [7, 11) is 0. The lowest BCUT2D eigenvalue weighted by Crippen LogP contribution is -2.13. The molecule has 0 bridgehead atoms. The van der Waals surface area contributed by atoms with Crippen molar-refractivity contribution in [3.63, 3.8) is 0 Å². The highest BCUT2D eigenvalue weighted by molar-refractivity contribution is 5.92. The number of nitrogens with zero attached hydrogens (tertiary/aromatic N) is 1. The van der Waals surface area contributed by atoms with Gasteiger partial charge in [0.05, 0.1) is 0 Å². The molecule has 0 aliphatic rings. The average molecular weight is 200 g/mol. The van der Waals surface area contributed by atoms with E-state index in [9.17, 15) is 0 Å². The number of hydrogen-bond acceptors (Lipinski definition) is 2. The van der Waals surface area contributed by atoms with E-state index in [1.165, 1.54) is 0 Å². The lowest BCUT2D eigenvalue weighted by molar-refractivity contribution is 0.880. The van der Waals surface area contributed by atoms with Crippen molar-refractivity contribution in [3.05, 3.63) is 29.6 Å². The van der Waals surface area contributed by atoms with E-state index in [1.54, 1.807) is 6.07 Å². The van der Waals surface area contributed by atoms with Crippen molar-refractivity contribution in [1.82, 2.24) is 4.98 Å². The Hall–Kier alpha value is -1.09. The van der Waals surface area contributed by atoms with Crippen LogP contribution in [0.3, 0.4) is 0 Å². The highest BCUT2D eigenvalue weighted by Crippen LogP contribution is 2.01. The number of amidine groups is 1. The van der Waals surface area contributed by atoms with Crippen molar-refractivity contribution in [1.29, 1.82) is 5.41 Å². The Kier molecular flexibility index (Phi) is 5.07. The van der Waals surface area contributed by atoms with Crippen LogP contribution in [0.15, 0.2) is 18.2 Å². The van der Waals surface area contributed by atoms with Crippen LogP contribution in [0, 0.1) is 5.41 Å². The molecule has 0 spiro atoms. The van der Waals surface area contributed by atoms with E-state index in [4.69, 9.17) is 11.1 Å². The van der Waals surface area contributed by atoms with Crippen molar-refractivity contribution in [2.24, 2.45) is 5.73 Å². The van der Waals surface area contributed by atoms with Crippen LogP contribution in [-0.4, -0.2) is 10.8 Å². The zero-order chi connectivity index (χ0) is 8.97. The standard InChI is InChI=1S/C9H13N3.ClH/c1-2-4-7-5-3-6-8(12-7)9(10)11;/h3,5-6H,2,4H2,1H3,(H3,10,11);1H. The van der Waals surface area contributed by atoms with Crippen LogP contribution in [0.4, 0.5) is 0 Å². The highest BCUT2D eigenvalue weighted by atomic mass is 35.5. The molecule has 13 heavy (non-hydrogen) atoms. The molecule has 0 unspecified atom stereocenters.